The number of nitrogens with one attached hydrogen (secondary N) is 1. The summed E-state index contributed by atoms with van der Waals surface area (Å²) in [5.74, 6) is 1.00. The monoisotopic (exact) mass is 331 g/mol. The molecule has 1 aromatic carbocycles. The molecule has 2 atom stereocenters. The number of hydrogen-bond acceptors (Lipinski definition) is 6. The molecular weight excluding hydrogens is 310 g/mol. The van der Waals surface area contributed by atoms with Crippen LogP contribution in [0.15, 0.2) is 30.3 Å². The number of rotatable bonds is 7. The fraction of sp³-hybridized carbons (Fsp3) is 0.500. The first-order chi connectivity index (χ1) is 11.7. The summed E-state index contributed by atoms with van der Waals surface area (Å²) in [7, 11) is 0. The lowest BCUT2D eigenvalue weighted by molar-refractivity contribution is -0.123. The molecule has 2 heterocycles. The summed E-state index contributed by atoms with van der Waals surface area (Å²) in [5, 5.41) is 14.8. The van der Waals surface area contributed by atoms with Gasteiger partial charge in [-0.3, -0.25) is 4.79 Å². The highest BCUT2D eigenvalue weighted by Gasteiger charge is 2.23. The number of carbonyl (C=O) groups is 1. The van der Waals surface area contributed by atoms with Crippen LogP contribution in [0.2, 0.25) is 0 Å². The summed E-state index contributed by atoms with van der Waals surface area (Å²) < 4.78 is 11.1. The molecule has 1 amide bonds. The van der Waals surface area contributed by atoms with Crippen molar-refractivity contribution in [1.82, 2.24) is 25.5 Å². The van der Waals surface area contributed by atoms with Gasteiger partial charge >= 0.3 is 0 Å². The second kappa shape index (κ2) is 7.87. The molecule has 128 valence electrons. The predicted octanol–water partition coefficient (Wildman–Crippen LogP) is 0.936. The van der Waals surface area contributed by atoms with Crippen LogP contribution in [-0.2, 0) is 22.7 Å². The zero-order chi connectivity index (χ0) is 16.8. The van der Waals surface area contributed by atoms with E-state index in [9.17, 15) is 4.79 Å². The number of para-hydroxylation sites is 1. The highest BCUT2D eigenvalue weighted by atomic mass is 16.5. The van der Waals surface area contributed by atoms with Crippen LogP contribution in [0.1, 0.15) is 25.6 Å². The van der Waals surface area contributed by atoms with Crippen LogP contribution in [0.5, 0.6) is 5.75 Å². The minimum absolute atomic E-state index is 0.0232. The molecule has 1 saturated heterocycles. The number of amides is 1. The van der Waals surface area contributed by atoms with Gasteiger partial charge < -0.3 is 14.8 Å². The average molecular weight is 331 g/mol. The Kier molecular flexibility index (Phi) is 5.37. The molecule has 0 saturated carbocycles. The molecule has 1 aromatic heterocycles. The van der Waals surface area contributed by atoms with E-state index >= 15 is 0 Å². The quantitative estimate of drug-likeness (QED) is 0.812. The first kappa shape index (κ1) is 16.4. The molecule has 0 aliphatic carbocycles. The summed E-state index contributed by atoms with van der Waals surface area (Å²) in [4.78, 5) is 13.3. The van der Waals surface area contributed by atoms with Gasteiger partial charge in [-0.15, -0.1) is 10.2 Å². The van der Waals surface area contributed by atoms with Gasteiger partial charge in [0.1, 0.15) is 12.3 Å². The fourth-order valence-corrected chi connectivity index (χ4v) is 2.58. The summed E-state index contributed by atoms with van der Waals surface area (Å²) in [6.07, 6.45) is 2.11. The number of carbonyl (C=O) groups excluding carboxylic acids is 1. The van der Waals surface area contributed by atoms with Gasteiger partial charge in [-0.2, -0.15) is 4.80 Å². The maximum absolute atomic E-state index is 12.0. The molecule has 1 aliphatic rings. The van der Waals surface area contributed by atoms with E-state index in [0.29, 0.717) is 5.82 Å². The van der Waals surface area contributed by atoms with Crippen LogP contribution < -0.4 is 10.1 Å². The SMILES string of the molecule is C[C@H](NC(=O)Cn1nnc(COc2ccccc2)n1)[C@H]1CCCO1. The summed E-state index contributed by atoms with van der Waals surface area (Å²) in [5.41, 5.74) is 0. The third-order valence-corrected chi connectivity index (χ3v) is 3.80. The van der Waals surface area contributed by atoms with Crippen LogP contribution in [-0.4, -0.2) is 44.9 Å². The fourth-order valence-electron chi connectivity index (χ4n) is 2.58. The van der Waals surface area contributed by atoms with Crippen molar-refractivity contribution in [2.75, 3.05) is 6.61 Å². The van der Waals surface area contributed by atoms with Gasteiger partial charge in [-0.05, 0) is 37.1 Å². The molecule has 24 heavy (non-hydrogen) atoms. The minimum atomic E-state index is -0.161. The van der Waals surface area contributed by atoms with E-state index in [4.69, 9.17) is 9.47 Å². The van der Waals surface area contributed by atoms with Crippen molar-refractivity contribution in [3.8, 4) is 5.75 Å². The standard InChI is InChI=1S/C16H21N5O3/c1-12(14-8-5-9-23-14)17-16(22)10-21-19-15(18-20-21)11-24-13-6-3-2-4-7-13/h2-4,6-7,12,14H,5,8-11H2,1H3,(H,17,22)/t12-,14+/m0/s1. The van der Waals surface area contributed by atoms with Crippen LogP contribution in [0, 0.1) is 0 Å². The number of aromatic nitrogens is 4. The Labute approximate surface area is 140 Å². The molecular formula is C16H21N5O3. The molecule has 1 fully saturated rings. The number of hydrogen-bond donors (Lipinski definition) is 1. The van der Waals surface area contributed by atoms with Crippen molar-refractivity contribution in [2.45, 2.75) is 45.1 Å². The Balaban J connectivity index is 1.45. The van der Waals surface area contributed by atoms with E-state index in [1.54, 1.807) is 0 Å². The lowest BCUT2D eigenvalue weighted by Gasteiger charge is -2.19. The Hall–Kier alpha value is -2.48. The predicted molar refractivity (Wildman–Crippen MR) is 85.2 cm³/mol. The summed E-state index contributed by atoms with van der Waals surface area (Å²) >= 11 is 0. The summed E-state index contributed by atoms with van der Waals surface area (Å²) in [6, 6.07) is 9.37. The maximum Gasteiger partial charge on any atom is 0.243 e. The third-order valence-electron chi connectivity index (χ3n) is 3.80. The van der Waals surface area contributed by atoms with Crippen molar-refractivity contribution in [3.05, 3.63) is 36.2 Å². The van der Waals surface area contributed by atoms with Crippen molar-refractivity contribution in [2.24, 2.45) is 0 Å². The average Bonchev–Trinajstić information content (AvgIpc) is 3.25. The first-order valence-corrected chi connectivity index (χ1v) is 8.06. The lowest BCUT2D eigenvalue weighted by Crippen LogP contribution is -2.42. The second-order valence-corrected chi connectivity index (χ2v) is 5.75. The Morgan fingerprint density at radius 2 is 2.29 bits per heavy atom. The molecule has 0 bridgehead atoms. The van der Waals surface area contributed by atoms with Gasteiger partial charge in [0.2, 0.25) is 11.7 Å². The molecule has 0 unspecified atom stereocenters. The zero-order valence-electron chi connectivity index (χ0n) is 13.6. The maximum atomic E-state index is 12.0. The number of tetrazole rings is 1. The van der Waals surface area contributed by atoms with Crippen LogP contribution in [0.3, 0.4) is 0 Å². The highest BCUT2D eigenvalue weighted by molar-refractivity contribution is 5.75. The van der Waals surface area contributed by atoms with E-state index in [1.165, 1.54) is 4.80 Å². The van der Waals surface area contributed by atoms with Gasteiger partial charge in [0.05, 0.1) is 12.1 Å². The van der Waals surface area contributed by atoms with E-state index in [1.807, 2.05) is 37.3 Å². The normalized spacial score (nSPS) is 18.3. The van der Waals surface area contributed by atoms with E-state index < -0.39 is 0 Å². The zero-order valence-corrected chi connectivity index (χ0v) is 13.6. The number of ether oxygens (including phenoxy) is 2. The topological polar surface area (TPSA) is 91.2 Å². The van der Waals surface area contributed by atoms with Crippen LogP contribution in [0.4, 0.5) is 0 Å². The number of nitrogens with zero attached hydrogens (tertiary/aromatic N) is 4. The molecule has 8 nitrogen and oxygen atoms in total. The van der Waals surface area contributed by atoms with Crippen molar-refractivity contribution in [1.29, 1.82) is 0 Å². The highest BCUT2D eigenvalue weighted by Crippen LogP contribution is 2.15. The van der Waals surface area contributed by atoms with Crippen molar-refractivity contribution >= 4 is 5.91 Å². The lowest BCUT2D eigenvalue weighted by atomic mass is 10.1. The van der Waals surface area contributed by atoms with Crippen LogP contribution in [0.25, 0.3) is 0 Å². The smallest absolute Gasteiger partial charge is 0.243 e. The molecule has 3 rings (SSSR count). The largest absolute Gasteiger partial charge is 0.485 e. The van der Waals surface area contributed by atoms with Gasteiger partial charge in [-0.25, -0.2) is 0 Å². The summed E-state index contributed by atoms with van der Waals surface area (Å²) in [6.45, 7) is 2.94. The Bertz CT molecular complexity index is 655. The van der Waals surface area contributed by atoms with Crippen molar-refractivity contribution in [3.63, 3.8) is 0 Å². The van der Waals surface area contributed by atoms with Gasteiger partial charge in [0.15, 0.2) is 6.61 Å². The van der Waals surface area contributed by atoms with Crippen molar-refractivity contribution < 1.29 is 14.3 Å². The molecule has 1 N–H and O–H groups in total. The van der Waals surface area contributed by atoms with Gasteiger partial charge in [0, 0.05) is 6.61 Å². The molecule has 0 spiro atoms. The number of benzene rings is 1. The van der Waals surface area contributed by atoms with E-state index in [0.717, 1.165) is 25.2 Å². The third kappa shape index (κ3) is 4.51. The molecule has 0 radical (unpaired) electrons. The second-order valence-electron chi connectivity index (χ2n) is 5.75. The molecule has 1 aliphatic heterocycles. The molecule has 2 aromatic rings. The van der Waals surface area contributed by atoms with Crippen LogP contribution >= 0.6 is 0 Å². The van der Waals surface area contributed by atoms with Gasteiger partial charge in [-0.1, -0.05) is 18.2 Å². The Morgan fingerprint density at radius 1 is 1.46 bits per heavy atom. The first-order valence-electron chi connectivity index (χ1n) is 8.06. The minimum Gasteiger partial charge on any atom is -0.485 e. The Morgan fingerprint density at radius 3 is 3.04 bits per heavy atom. The van der Waals surface area contributed by atoms with Gasteiger partial charge in [0.25, 0.3) is 0 Å². The van der Waals surface area contributed by atoms with E-state index in [2.05, 4.69) is 20.7 Å². The molecule has 8 heteroatoms. The van der Waals surface area contributed by atoms with E-state index in [-0.39, 0.29) is 31.2 Å².